The second-order valence-electron chi connectivity index (χ2n) is 8.05. The van der Waals surface area contributed by atoms with Crippen LogP contribution in [0.1, 0.15) is 54.2 Å². The van der Waals surface area contributed by atoms with Crippen molar-refractivity contribution < 1.29 is 40.8 Å². The van der Waals surface area contributed by atoms with Gasteiger partial charge in [-0.05, 0) is 44.7 Å². The first-order valence-corrected chi connectivity index (χ1v) is 10.3. The molecule has 1 saturated carbocycles. The van der Waals surface area contributed by atoms with Crippen molar-refractivity contribution >= 4 is 5.91 Å². The highest BCUT2D eigenvalue weighted by Gasteiger charge is 2.36. The normalized spacial score (nSPS) is 20.5. The summed E-state index contributed by atoms with van der Waals surface area (Å²) in [5.41, 5.74) is -1.07. The third-order valence-electron chi connectivity index (χ3n) is 5.54. The van der Waals surface area contributed by atoms with E-state index in [-0.39, 0.29) is 28.6 Å². The lowest BCUT2D eigenvalue weighted by molar-refractivity contribution is -0.151. The molecule has 3 rings (SSSR count). The van der Waals surface area contributed by atoms with E-state index in [1.807, 2.05) is 0 Å². The number of hydrogen-bond donors (Lipinski definition) is 3. The van der Waals surface area contributed by atoms with Gasteiger partial charge in [-0.2, -0.15) is 26.3 Å². The average molecular weight is 479 g/mol. The lowest BCUT2D eigenvalue weighted by Crippen LogP contribution is -2.41. The number of carbonyl (C=O) groups excluding carboxylic acids is 1. The van der Waals surface area contributed by atoms with E-state index in [0.717, 1.165) is 31.2 Å². The number of carbonyl (C=O) groups is 1. The Kier molecular flexibility index (Phi) is 7.37. The van der Waals surface area contributed by atoms with Crippen LogP contribution in [0.5, 0.6) is 0 Å². The highest BCUT2D eigenvalue weighted by atomic mass is 19.4. The van der Waals surface area contributed by atoms with Crippen molar-refractivity contribution in [2.45, 2.75) is 69.7 Å². The van der Waals surface area contributed by atoms with Crippen molar-refractivity contribution in [1.29, 1.82) is 0 Å². The molecule has 1 unspecified atom stereocenters. The fraction of sp³-hybridized carbons (Fsp3) is 0.524. The molecule has 0 aliphatic heterocycles. The van der Waals surface area contributed by atoms with Gasteiger partial charge in [0.2, 0.25) is 0 Å². The zero-order valence-corrected chi connectivity index (χ0v) is 17.6. The third-order valence-corrected chi connectivity index (χ3v) is 5.54. The van der Waals surface area contributed by atoms with Crippen LogP contribution in [-0.4, -0.2) is 40.5 Å². The van der Waals surface area contributed by atoms with Crippen LogP contribution in [0.15, 0.2) is 28.8 Å². The van der Waals surface area contributed by atoms with Crippen molar-refractivity contribution in [2.75, 3.05) is 0 Å². The van der Waals surface area contributed by atoms with Gasteiger partial charge in [-0.1, -0.05) is 17.3 Å². The van der Waals surface area contributed by atoms with Crippen LogP contribution in [-0.2, 0) is 12.7 Å². The van der Waals surface area contributed by atoms with Crippen molar-refractivity contribution in [3.05, 3.63) is 41.1 Å². The van der Waals surface area contributed by atoms with E-state index in [9.17, 15) is 36.2 Å². The molecule has 12 heteroatoms. The molecule has 1 heterocycles. The maximum absolute atomic E-state index is 13.0. The Hall–Kier alpha value is -2.60. The highest BCUT2D eigenvalue weighted by molar-refractivity contribution is 5.95. The van der Waals surface area contributed by atoms with Gasteiger partial charge < -0.3 is 20.3 Å². The van der Waals surface area contributed by atoms with Gasteiger partial charge in [0.15, 0.2) is 11.5 Å². The highest BCUT2D eigenvalue weighted by Crippen LogP contribution is 2.33. The topological polar surface area (TPSA) is 87.4 Å². The van der Waals surface area contributed by atoms with Crippen molar-refractivity contribution in [3.8, 4) is 11.3 Å². The van der Waals surface area contributed by atoms with Crippen LogP contribution in [0.4, 0.5) is 26.3 Å². The van der Waals surface area contributed by atoms with Gasteiger partial charge >= 0.3 is 12.4 Å². The number of benzene rings is 1. The third kappa shape index (κ3) is 6.26. The summed E-state index contributed by atoms with van der Waals surface area (Å²) in [5, 5.41) is 18.4. The molecule has 0 saturated heterocycles. The van der Waals surface area contributed by atoms with E-state index in [1.165, 1.54) is 0 Å². The van der Waals surface area contributed by atoms with Crippen LogP contribution in [0, 0.1) is 0 Å². The Labute approximate surface area is 185 Å². The molecule has 0 bridgehead atoms. The number of aliphatic hydroxyl groups excluding tert-OH is 1. The minimum Gasteiger partial charge on any atom is -0.393 e. The van der Waals surface area contributed by atoms with Crippen molar-refractivity contribution in [2.24, 2.45) is 0 Å². The first-order chi connectivity index (χ1) is 15.4. The Morgan fingerprint density at radius 1 is 1.18 bits per heavy atom. The maximum atomic E-state index is 13.0. The Morgan fingerprint density at radius 3 is 2.42 bits per heavy atom. The van der Waals surface area contributed by atoms with Gasteiger partial charge in [0, 0.05) is 23.7 Å². The van der Waals surface area contributed by atoms with Gasteiger partial charge in [-0.15, -0.1) is 0 Å². The fourth-order valence-corrected chi connectivity index (χ4v) is 3.61. The monoisotopic (exact) mass is 479 g/mol. The van der Waals surface area contributed by atoms with E-state index in [0.29, 0.717) is 25.7 Å². The van der Waals surface area contributed by atoms with Crippen LogP contribution in [0.25, 0.3) is 11.3 Å². The number of hydrogen-bond acceptors (Lipinski definition) is 5. The number of nitrogens with zero attached hydrogens (tertiary/aromatic N) is 1. The SMILES string of the molecule is CC(NCc1c(C(=O)N[C@@H]2CCC[C@H](O)C2)noc1-c1ccc(C(F)(F)F)cc1)C(F)(F)F. The quantitative estimate of drug-likeness (QED) is 0.534. The molecule has 0 spiro atoms. The Balaban J connectivity index is 1.89. The first kappa shape index (κ1) is 25.0. The van der Waals surface area contributed by atoms with E-state index in [1.54, 1.807) is 0 Å². The summed E-state index contributed by atoms with van der Waals surface area (Å²) < 4.78 is 82.6. The van der Waals surface area contributed by atoms with Crippen LogP contribution in [0.2, 0.25) is 0 Å². The molecular formula is C21H23F6N3O3. The van der Waals surface area contributed by atoms with Crippen LogP contribution >= 0.6 is 0 Å². The second-order valence-corrected chi connectivity index (χ2v) is 8.05. The molecule has 3 atom stereocenters. The molecule has 6 nitrogen and oxygen atoms in total. The smallest absolute Gasteiger partial charge is 0.393 e. The van der Waals surface area contributed by atoms with Crippen molar-refractivity contribution in [3.63, 3.8) is 0 Å². The molecular weight excluding hydrogens is 456 g/mol. The minimum atomic E-state index is -4.57. The summed E-state index contributed by atoms with van der Waals surface area (Å²) in [6.45, 7) is 0.436. The summed E-state index contributed by atoms with van der Waals surface area (Å²) in [6, 6.07) is 1.53. The summed E-state index contributed by atoms with van der Waals surface area (Å²) in [6.07, 6.45) is -7.44. The average Bonchev–Trinajstić information content (AvgIpc) is 3.14. The zero-order valence-electron chi connectivity index (χ0n) is 17.6. The summed E-state index contributed by atoms with van der Waals surface area (Å²) in [7, 11) is 0. The molecule has 1 aromatic carbocycles. The molecule has 3 N–H and O–H groups in total. The van der Waals surface area contributed by atoms with Gasteiger partial charge in [-0.25, -0.2) is 0 Å². The predicted molar refractivity (Wildman–Crippen MR) is 105 cm³/mol. The fourth-order valence-electron chi connectivity index (χ4n) is 3.61. The number of halogens is 6. The molecule has 1 amide bonds. The van der Waals surface area contributed by atoms with E-state index >= 15 is 0 Å². The number of rotatable bonds is 6. The standard InChI is InChI=1S/C21H23F6N3O3/c1-11(20(22,23)24)28-10-16-17(19(32)29-14-3-2-4-15(31)9-14)30-33-18(16)12-5-7-13(8-6-12)21(25,26)27/h5-8,11,14-15,28,31H,2-4,9-10H2,1H3,(H,29,32)/t11?,14-,15+/m1/s1. The summed E-state index contributed by atoms with van der Waals surface area (Å²) in [4.78, 5) is 12.8. The summed E-state index contributed by atoms with van der Waals surface area (Å²) >= 11 is 0. The number of aromatic nitrogens is 1. The number of nitrogens with one attached hydrogen (secondary N) is 2. The second kappa shape index (κ2) is 9.72. The Bertz CT molecular complexity index is 956. The van der Waals surface area contributed by atoms with Gasteiger partial charge in [-0.3, -0.25) is 4.79 Å². The molecule has 2 aromatic rings. The number of alkyl halides is 6. The number of aliphatic hydroxyl groups is 1. The van der Waals surface area contributed by atoms with Gasteiger partial charge in [0.25, 0.3) is 5.91 Å². The van der Waals surface area contributed by atoms with E-state index < -0.39 is 42.5 Å². The largest absolute Gasteiger partial charge is 0.416 e. The zero-order chi connectivity index (χ0) is 24.4. The molecule has 0 radical (unpaired) electrons. The van der Waals surface area contributed by atoms with E-state index in [2.05, 4.69) is 15.8 Å². The van der Waals surface area contributed by atoms with Crippen molar-refractivity contribution in [1.82, 2.24) is 15.8 Å². The maximum Gasteiger partial charge on any atom is 0.416 e. The predicted octanol–water partition coefficient (Wildman–Crippen LogP) is 4.43. The Morgan fingerprint density at radius 2 is 1.85 bits per heavy atom. The van der Waals surface area contributed by atoms with E-state index in [4.69, 9.17) is 4.52 Å². The number of amides is 1. The summed E-state index contributed by atoms with van der Waals surface area (Å²) in [5.74, 6) is -0.813. The molecule has 1 aromatic heterocycles. The van der Waals surface area contributed by atoms with Gasteiger partial charge in [0.1, 0.15) is 6.04 Å². The molecule has 33 heavy (non-hydrogen) atoms. The molecule has 1 aliphatic rings. The first-order valence-electron chi connectivity index (χ1n) is 10.3. The molecule has 1 aliphatic carbocycles. The van der Waals surface area contributed by atoms with Crippen LogP contribution < -0.4 is 10.6 Å². The lowest BCUT2D eigenvalue weighted by Gasteiger charge is -2.26. The lowest BCUT2D eigenvalue weighted by atomic mass is 9.93. The molecule has 182 valence electrons. The van der Waals surface area contributed by atoms with Crippen LogP contribution in [0.3, 0.4) is 0 Å². The van der Waals surface area contributed by atoms with Gasteiger partial charge in [0.05, 0.1) is 11.7 Å². The molecule has 1 fully saturated rings. The minimum absolute atomic E-state index is 0.0142.